The van der Waals surface area contributed by atoms with Crippen molar-refractivity contribution in [1.29, 1.82) is 0 Å². The van der Waals surface area contributed by atoms with E-state index in [1.807, 2.05) is 0 Å². The first kappa shape index (κ1) is 3.05. The molecule has 0 amide bonds. The van der Waals surface area contributed by atoms with Crippen molar-refractivity contribution in [2.45, 2.75) is 13.0 Å². The Bertz CT molecular complexity index is 107. The fourth-order valence-corrected chi connectivity index (χ4v) is 0.552. The highest BCUT2D eigenvalue weighted by Crippen LogP contribution is 1.88. The monoisotopic (exact) mass is 103 g/mol. The smallest absolute Gasteiger partial charge is 0.0617 e. The highest BCUT2D eigenvalue weighted by Gasteiger charge is 2.04. The lowest BCUT2D eigenvalue weighted by molar-refractivity contribution is 0.0824. The molecule has 1 N–H and O–H groups in total. The molecule has 2 heteroatoms. The molecule has 0 saturated carbocycles. The second-order valence-electron chi connectivity index (χ2n) is 1.64. The van der Waals surface area contributed by atoms with Crippen molar-refractivity contribution in [1.82, 2.24) is 5.32 Å². The van der Waals surface area contributed by atoms with Gasteiger partial charge in [0.15, 0.2) is 0 Å². The van der Waals surface area contributed by atoms with Crippen molar-refractivity contribution >= 4 is 0 Å². The van der Waals surface area contributed by atoms with Gasteiger partial charge in [-0.15, -0.1) is 0 Å². The number of nitrogens with one attached hydrogen (secondary N) is 1. The van der Waals surface area contributed by atoms with Crippen LogP contribution in [0.4, 0.5) is 0 Å². The average molecular weight is 103 g/mol. The molecule has 0 bridgehead atoms. The summed E-state index contributed by atoms with van der Waals surface area (Å²) in [7, 11) is 0. The summed E-state index contributed by atoms with van der Waals surface area (Å²) in [5, 5.41) is 2.97. The fraction of sp³-hybridized carbons (Fsp3) is 1.00. The van der Waals surface area contributed by atoms with Crippen LogP contribution in [0.15, 0.2) is 0 Å². The molecule has 2 nitrogen and oxygen atoms in total. The molecular formula is C5H11NO. The highest BCUT2D eigenvalue weighted by atomic mass is 16.5. The van der Waals surface area contributed by atoms with Gasteiger partial charge >= 0.3 is 0 Å². The molecule has 0 spiro atoms. The van der Waals surface area contributed by atoms with Crippen molar-refractivity contribution in [2.75, 3.05) is 19.7 Å². The zero-order valence-corrected chi connectivity index (χ0v) is 4.40. The van der Waals surface area contributed by atoms with E-state index >= 15 is 0 Å². The molecule has 1 atom stereocenters. The molecule has 42 valence electrons. The maximum absolute atomic E-state index is 7.21. The zero-order valence-electron chi connectivity index (χ0n) is 6.40. The van der Waals surface area contributed by atoms with Crippen molar-refractivity contribution in [2.24, 2.45) is 0 Å². The molecule has 1 aliphatic rings. The van der Waals surface area contributed by atoms with E-state index in [9.17, 15) is 0 Å². The zero-order chi connectivity index (χ0) is 6.91. The average Bonchev–Trinajstić information content (AvgIpc) is 1.77. The van der Waals surface area contributed by atoms with E-state index in [0.717, 1.165) is 6.54 Å². The van der Waals surface area contributed by atoms with Gasteiger partial charge in [-0.3, -0.25) is 0 Å². The molecule has 7 heavy (non-hydrogen) atoms. The molecule has 1 aliphatic heterocycles. The number of rotatable bonds is 0. The normalized spacial score (nSPS) is 44.4. The summed E-state index contributed by atoms with van der Waals surface area (Å²) in [6.07, 6.45) is 0. The van der Waals surface area contributed by atoms with E-state index in [-0.39, 0.29) is 6.04 Å². The van der Waals surface area contributed by atoms with Crippen LogP contribution in [0.1, 0.15) is 9.67 Å². The van der Waals surface area contributed by atoms with Crippen molar-refractivity contribution in [3.8, 4) is 0 Å². The standard InChI is InChI=1S/C5H11NO/c1-5-4-7-3-2-6-5/h5-6H,2-4H2,1H3/i4D2. The van der Waals surface area contributed by atoms with Gasteiger partial charge in [0.05, 0.1) is 15.9 Å². The summed E-state index contributed by atoms with van der Waals surface area (Å²) >= 11 is 0. The molecule has 1 unspecified atom stereocenters. The van der Waals surface area contributed by atoms with Gasteiger partial charge in [-0.05, 0) is 6.92 Å². The second kappa shape index (κ2) is 2.28. The summed E-state index contributed by atoms with van der Waals surface area (Å²) in [5.41, 5.74) is 0. The van der Waals surface area contributed by atoms with Gasteiger partial charge in [0, 0.05) is 12.6 Å². The van der Waals surface area contributed by atoms with Gasteiger partial charge in [0.1, 0.15) is 0 Å². The SMILES string of the molecule is [2H]C1([2H])OCCNC1C. The van der Waals surface area contributed by atoms with E-state index in [4.69, 9.17) is 7.48 Å². The first-order valence-corrected chi connectivity index (χ1v) is 2.50. The topological polar surface area (TPSA) is 21.3 Å². The Hall–Kier alpha value is -0.0800. The van der Waals surface area contributed by atoms with Crippen molar-refractivity contribution < 1.29 is 7.48 Å². The molecule has 0 aromatic rings. The lowest BCUT2D eigenvalue weighted by atomic mass is 10.3. The predicted octanol–water partition coefficient (Wildman–Crippen LogP) is -0.00530. The van der Waals surface area contributed by atoms with Crippen LogP contribution in [0.3, 0.4) is 0 Å². The van der Waals surface area contributed by atoms with Crippen LogP contribution in [-0.4, -0.2) is 25.8 Å². The fourth-order valence-electron chi connectivity index (χ4n) is 0.552. The highest BCUT2D eigenvalue weighted by molar-refractivity contribution is 4.62. The van der Waals surface area contributed by atoms with Crippen LogP contribution >= 0.6 is 0 Å². The van der Waals surface area contributed by atoms with E-state index in [1.54, 1.807) is 6.92 Å². The van der Waals surface area contributed by atoms with Crippen LogP contribution in [-0.2, 0) is 4.74 Å². The molecule has 0 radical (unpaired) electrons. The maximum atomic E-state index is 7.21. The molecule has 1 rings (SSSR count). The lowest BCUT2D eigenvalue weighted by Gasteiger charge is -2.19. The van der Waals surface area contributed by atoms with Crippen molar-refractivity contribution in [3.05, 3.63) is 0 Å². The van der Waals surface area contributed by atoms with Gasteiger partial charge in [-0.1, -0.05) is 0 Å². The quantitative estimate of drug-likeness (QED) is 0.466. The Morgan fingerprint density at radius 1 is 2.00 bits per heavy atom. The third kappa shape index (κ3) is 1.45. The Morgan fingerprint density at radius 3 is 3.29 bits per heavy atom. The van der Waals surface area contributed by atoms with Crippen LogP contribution < -0.4 is 5.32 Å². The van der Waals surface area contributed by atoms with Gasteiger partial charge in [0.25, 0.3) is 0 Å². The molecule has 1 fully saturated rings. The Morgan fingerprint density at radius 2 is 2.86 bits per heavy atom. The largest absolute Gasteiger partial charge is 0.379 e. The molecule has 1 heterocycles. The lowest BCUT2D eigenvalue weighted by Crippen LogP contribution is -2.38. The summed E-state index contributed by atoms with van der Waals surface area (Å²) < 4.78 is 19.3. The summed E-state index contributed by atoms with van der Waals surface area (Å²) in [5.74, 6) is 0. The van der Waals surface area contributed by atoms with Gasteiger partial charge in [-0.25, -0.2) is 0 Å². The first-order chi connectivity index (χ1) is 4.13. The van der Waals surface area contributed by atoms with Crippen LogP contribution in [0.2, 0.25) is 0 Å². The molecular weight excluding hydrogens is 90.1 g/mol. The number of hydrogen-bond donors (Lipinski definition) is 1. The molecule has 0 aliphatic carbocycles. The van der Waals surface area contributed by atoms with E-state index in [2.05, 4.69) is 5.32 Å². The van der Waals surface area contributed by atoms with Crippen LogP contribution in [0.25, 0.3) is 0 Å². The minimum atomic E-state index is -1.47. The number of ether oxygens (including phenoxy) is 1. The predicted molar refractivity (Wildman–Crippen MR) is 28.3 cm³/mol. The van der Waals surface area contributed by atoms with Crippen LogP contribution in [0.5, 0.6) is 0 Å². The Kier molecular flexibility index (Phi) is 0.995. The summed E-state index contributed by atoms with van der Waals surface area (Å²) in [6.45, 7) is 1.52. The van der Waals surface area contributed by atoms with E-state index in [0.29, 0.717) is 6.61 Å². The third-order valence-electron chi connectivity index (χ3n) is 0.915. The summed E-state index contributed by atoms with van der Waals surface area (Å²) in [4.78, 5) is 0. The third-order valence-corrected chi connectivity index (χ3v) is 0.915. The molecule has 1 saturated heterocycles. The van der Waals surface area contributed by atoms with E-state index < -0.39 is 6.56 Å². The maximum Gasteiger partial charge on any atom is 0.0617 e. The molecule has 0 aromatic carbocycles. The van der Waals surface area contributed by atoms with Gasteiger partial charge in [0.2, 0.25) is 0 Å². The minimum absolute atomic E-state index is 0.189. The van der Waals surface area contributed by atoms with Gasteiger partial charge < -0.3 is 10.1 Å². The summed E-state index contributed by atoms with van der Waals surface area (Å²) in [6, 6.07) is -0.189. The molecule has 0 aromatic heterocycles. The Balaban J connectivity index is 2.49. The number of morpholine rings is 1. The number of hydrogen-bond acceptors (Lipinski definition) is 2. The van der Waals surface area contributed by atoms with Crippen LogP contribution in [0, 0.1) is 0 Å². The Labute approximate surface area is 46.7 Å². The first-order valence-electron chi connectivity index (χ1n) is 3.50. The van der Waals surface area contributed by atoms with Crippen molar-refractivity contribution in [3.63, 3.8) is 0 Å². The van der Waals surface area contributed by atoms with E-state index in [1.165, 1.54) is 0 Å². The minimum Gasteiger partial charge on any atom is -0.379 e. The van der Waals surface area contributed by atoms with Gasteiger partial charge in [-0.2, -0.15) is 0 Å². The second-order valence-corrected chi connectivity index (χ2v) is 1.64.